The van der Waals surface area contributed by atoms with Crippen molar-refractivity contribution >= 4 is 5.91 Å². The van der Waals surface area contributed by atoms with Crippen LogP contribution in [-0.4, -0.2) is 47.9 Å². The Labute approximate surface area is 139 Å². The number of amides is 1. The Morgan fingerprint density at radius 2 is 1.61 bits per heavy atom. The molecular weight excluding hydrogens is 284 g/mol. The summed E-state index contributed by atoms with van der Waals surface area (Å²) >= 11 is 0. The molecule has 2 saturated heterocycles. The van der Waals surface area contributed by atoms with E-state index in [1.54, 1.807) is 0 Å². The number of piperidine rings is 2. The van der Waals surface area contributed by atoms with Gasteiger partial charge in [-0.15, -0.1) is 0 Å². The molecule has 0 spiro atoms. The van der Waals surface area contributed by atoms with E-state index < -0.39 is 0 Å². The highest BCUT2D eigenvalue weighted by Gasteiger charge is 2.46. The van der Waals surface area contributed by atoms with Crippen molar-refractivity contribution in [3.63, 3.8) is 0 Å². The first kappa shape index (κ1) is 15.2. The van der Waals surface area contributed by atoms with Crippen LogP contribution in [0.1, 0.15) is 50.0 Å². The Hall–Kier alpha value is -1.35. The summed E-state index contributed by atoms with van der Waals surface area (Å²) in [5, 5.41) is 0. The third-order valence-electron chi connectivity index (χ3n) is 6.02. The molecule has 0 N–H and O–H groups in total. The van der Waals surface area contributed by atoms with E-state index in [4.69, 9.17) is 0 Å². The van der Waals surface area contributed by atoms with Gasteiger partial charge in [-0.25, -0.2) is 0 Å². The van der Waals surface area contributed by atoms with Gasteiger partial charge in [0.15, 0.2) is 0 Å². The molecule has 0 unspecified atom stereocenters. The number of carbonyl (C=O) groups excluding carboxylic acids is 1. The molecule has 0 aromatic heterocycles. The molecule has 23 heavy (non-hydrogen) atoms. The van der Waals surface area contributed by atoms with Crippen molar-refractivity contribution in [1.29, 1.82) is 0 Å². The van der Waals surface area contributed by atoms with E-state index in [9.17, 15) is 4.79 Å². The van der Waals surface area contributed by atoms with Crippen molar-refractivity contribution in [1.82, 2.24) is 9.80 Å². The predicted molar refractivity (Wildman–Crippen MR) is 92.3 cm³/mol. The maximum atomic E-state index is 12.7. The Kier molecular flexibility index (Phi) is 4.39. The smallest absolute Gasteiger partial charge is 0.226 e. The number of nitrogens with zero attached hydrogens (tertiary/aromatic N) is 2. The van der Waals surface area contributed by atoms with Crippen LogP contribution in [0, 0.1) is 5.92 Å². The van der Waals surface area contributed by atoms with Gasteiger partial charge in [-0.1, -0.05) is 36.8 Å². The van der Waals surface area contributed by atoms with Gasteiger partial charge in [0.05, 0.1) is 0 Å². The van der Waals surface area contributed by atoms with E-state index in [0.717, 1.165) is 25.6 Å². The predicted octanol–water partition coefficient (Wildman–Crippen LogP) is 3.27. The Bertz CT molecular complexity index is 530. The van der Waals surface area contributed by atoms with E-state index >= 15 is 0 Å². The maximum absolute atomic E-state index is 12.7. The van der Waals surface area contributed by atoms with E-state index in [1.807, 2.05) is 6.07 Å². The fourth-order valence-corrected chi connectivity index (χ4v) is 4.51. The summed E-state index contributed by atoms with van der Waals surface area (Å²) in [6.45, 7) is 4.49. The van der Waals surface area contributed by atoms with E-state index in [0.29, 0.717) is 11.8 Å². The molecule has 4 rings (SSSR count). The minimum Gasteiger partial charge on any atom is -0.342 e. The van der Waals surface area contributed by atoms with Crippen molar-refractivity contribution in [2.24, 2.45) is 5.92 Å². The molecule has 1 amide bonds. The van der Waals surface area contributed by atoms with Crippen molar-refractivity contribution in [2.45, 2.75) is 50.5 Å². The Balaban J connectivity index is 1.28. The molecule has 3 fully saturated rings. The highest BCUT2D eigenvalue weighted by molar-refractivity contribution is 5.83. The van der Waals surface area contributed by atoms with Crippen LogP contribution < -0.4 is 0 Å². The van der Waals surface area contributed by atoms with Crippen LogP contribution in [0.25, 0.3) is 0 Å². The second-order valence-electron chi connectivity index (χ2n) is 7.51. The zero-order chi connectivity index (χ0) is 15.6. The molecule has 1 saturated carbocycles. The molecule has 1 aromatic rings. The first-order valence-corrected chi connectivity index (χ1v) is 9.41. The molecule has 1 aromatic carbocycles. The third-order valence-corrected chi connectivity index (χ3v) is 6.02. The van der Waals surface area contributed by atoms with Gasteiger partial charge in [0.25, 0.3) is 0 Å². The van der Waals surface area contributed by atoms with Crippen LogP contribution in [0.3, 0.4) is 0 Å². The van der Waals surface area contributed by atoms with Gasteiger partial charge in [-0.05, 0) is 56.7 Å². The highest BCUT2D eigenvalue weighted by Crippen LogP contribution is 2.48. The average molecular weight is 312 g/mol. The van der Waals surface area contributed by atoms with Crippen LogP contribution in [-0.2, 0) is 4.79 Å². The fourth-order valence-electron chi connectivity index (χ4n) is 4.51. The lowest BCUT2D eigenvalue weighted by atomic mass is 9.99. The first-order chi connectivity index (χ1) is 11.3. The van der Waals surface area contributed by atoms with Crippen LogP contribution in [0.5, 0.6) is 0 Å². The third kappa shape index (κ3) is 3.30. The summed E-state index contributed by atoms with van der Waals surface area (Å²) in [5.41, 5.74) is 1.34. The number of hydrogen-bond donors (Lipinski definition) is 0. The second kappa shape index (κ2) is 6.64. The molecule has 0 bridgehead atoms. The Morgan fingerprint density at radius 3 is 2.30 bits per heavy atom. The minimum atomic E-state index is 0.254. The molecule has 1 aliphatic carbocycles. The van der Waals surface area contributed by atoms with Gasteiger partial charge in [0, 0.05) is 25.0 Å². The number of likely N-dealkylation sites (tertiary alicyclic amines) is 2. The van der Waals surface area contributed by atoms with E-state index in [1.165, 1.54) is 50.8 Å². The van der Waals surface area contributed by atoms with Gasteiger partial charge in [0.1, 0.15) is 0 Å². The topological polar surface area (TPSA) is 23.6 Å². The van der Waals surface area contributed by atoms with Gasteiger partial charge < -0.3 is 9.80 Å². The standard InChI is InChI=1S/C20H28N2O/c23-20(19-15-18(19)16-7-3-1-4-8-16)22-13-9-17(10-14-22)21-11-5-2-6-12-21/h1,3-4,7-8,17-19H,2,5-6,9-15H2/t18-,19+/m0/s1. The van der Waals surface area contributed by atoms with Gasteiger partial charge >= 0.3 is 0 Å². The lowest BCUT2D eigenvalue weighted by Gasteiger charge is -2.40. The maximum Gasteiger partial charge on any atom is 0.226 e. The normalized spacial score (nSPS) is 29.5. The first-order valence-electron chi connectivity index (χ1n) is 9.41. The van der Waals surface area contributed by atoms with Crippen molar-refractivity contribution < 1.29 is 4.79 Å². The average Bonchev–Trinajstić information content (AvgIpc) is 3.44. The zero-order valence-corrected chi connectivity index (χ0v) is 14.0. The molecule has 124 valence electrons. The van der Waals surface area contributed by atoms with Crippen molar-refractivity contribution in [2.75, 3.05) is 26.2 Å². The van der Waals surface area contributed by atoms with Gasteiger partial charge in [0.2, 0.25) is 5.91 Å². The lowest BCUT2D eigenvalue weighted by molar-refractivity contribution is -0.134. The number of rotatable bonds is 3. The minimum absolute atomic E-state index is 0.254. The van der Waals surface area contributed by atoms with Gasteiger partial charge in [-0.3, -0.25) is 4.79 Å². The number of carbonyl (C=O) groups is 1. The van der Waals surface area contributed by atoms with Crippen LogP contribution >= 0.6 is 0 Å². The molecule has 3 nitrogen and oxygen atoms in total. The molecule has 2 heterocycles. The Morgan fingerprint density at radius 1 is 0.913 bits per heavy atom. The quantitative estimate of drug-likeness (QED) is 0.855. The molecular formula is C20H28N2O. The van der Waals surface area contributed by atoms with E-state index in [2.05, 4.69) is 34.1 Å². The summed E-state index contributed by atoms with van der Waals surface area (Å²) < 4.78 is 0. The highest BCUT2D eigenvalue weighted by atomic mass is 16.2. The second-order valence-corrected chi connectivity index (χ2v) is 7.51. The summed E-state index contributed by atoms with van der Waals surface area (Å²) in [7, 11) is 0. The van der Waals surface area contributed by atoms with Crippen LogP contribution in [0.4, 0.5) is 0 Å². The fraction of sp³-hybridized carbons (Fsp3) is 0.650. The molecule has 2 aliphatic heterocycles. The summed E-state index contributed by atoms with van der Waals surface area (Å²) in [6, 6.07) is 11.3. The lowest BCUT2D eigenvalue weighted by Crippen LogP contribution is -2.48. The molecule has 3 heteroatoms. The monoisotopic (exact) mass is 312 g/mol. The molecule has 0 radical (unpaired) electrons. The van der Waals surface area contributed by atoms with Crippen molar-refractivity contribution in [3.8, 4) is 0 Å². The zero-order valence-electron chi connectivity index (χ0n) is 14.0. The van der Waals surface area contributed by atoms with Gasteiger partial charge in [-0.2, -0.15) is 0 Å². The summed E-state index contributed by atoms with van der Waals surface area (Å²) in [4.78, 5) is 17.6. The molecule has 2 atom stereocenters. The number of benzene rings is 1. The summed E-state index contributed by atoms with van der Waals surface area (Å²) in [6.07, 6.45) is 7.52. The largest absolute Gasteiger partial charge is 0.342 e. The summed E-state index contributed by atoms with van der Waals surface area (Å²) in [5.74, 6) is 1.14. The number of hydrogen-bond acceptors (Lipinski definition) is 2. The van der Waals surface area contributed by atoms with Crippen LogP contribution in [0.15, 0.2) is 30.3 Å². The van der Waals surface area contributed by atoms with Crippen molar-refractivity contribution in [3.05, 3.63) is 35.9 Å². The SMILES string of the molecule is O=C([C@@H]1C[C@H]1c1ccccc1)N1CCC(N2CCCCC2)CC1. The van der Waals surface area contributed by atoms with Crippen LogP contribution in [0.2, 0.25) is 0 Å². The van der Waals surface area contributed by atoms with E-state index in [-0.39, 0.29) is 5.92 Å². The molecule has 3 aliphatic rings.